The lowest BCUT2D eigenvalue weighted by atomic mass is 10.0. The number of nitrogens with zero attached hydrogens (tertiary/aromatic N) is 2. The average Bonchev–Trinajstić information content (AvgIpc) is 2.43. The largest absolute Gasteiger partial charge is 0.471 e. The van der Waals surface area contributed by atoms with E-state index in [0.717, 1.165) is 31.6 Å². The number of nitrogens with one attached hydrogen (secondary N) is 1. The number of rotatable bonds is 3. The van der Waals surface area contributed by atoms with Crippen LogP contribution in [0.15, 0.2) is 24.4 Å². The first-order valence-electron chi connectivity index (χ1n) is 7.01. The van der Waals surface area contributed by atoms with Crippen LogP contribution >= 0.6 is 12.4 Å². The number of carbonyl (C=O) groups is 1. The van der Waals surface area contributed by atoms with Crippen LogP contribution < -0.4 is 10.1 Å². The third-order valence-electron chi connectivity index (χ3n) is 3.79. The molecule has 1 fully saturated rings. The first-order chi connectivity index (χ1) is 9.74. The summed E-state index contributed by atoms with van der Waals surface area (Å²) in [5.74, 6) is 0.838. The molecule has 0 unspecified atom stereocenters. The molecule has 0 spiro atoms. The van der Waals surface area contributed by atoms with Gasteiger partial charge in [0.15, 0.2) is 0 Å². The molecule has 3 rings (SSSR count). The number of aromatic nitrogens is 1. The van der Waals surface area contributed by atoms with E-state index in [-0.39, 0.29) is 24.4 Å². The predicted molar refractivity (Wildman–Crippen MR) is 83.6 cm³/mol. The Bertz CT molecular complexity index is 543. The molecular formula is C15H20ClN3O2. The molecule has 2 aliphatic heterocycles. The molecule has 1 aromatic rings. The summed E-state index contributed by atoms with van der Waals surface area (Å²) >= 11 is 0. The maximum atomic E-state index is 11.4. The van der Waals surface area contributed by atoms with E-state index in [9.17, 15) is 4.79 Å². The van der Waals surface area contributed by atoms with Gasteiger partial charge in [-0.05, 0) is 24.1 Å². The zero-order chi connectivity index (χ0) is 13.9. The number of pyridine rings is 1. The number of ether oxygens (including phenoxy) is 1. The Morgan fingerprint density at radius 3 is 2.86 bits per heavy atom. The van der Waals surface area contributed by atoms with Crippen LogP contribution in [0.5, 0.6) is 5.88 Å². The van der Waals surface area contributed by atoms with E-state index in [1.165, 1.54) is 5.57 Å². The molecule has 21 heavy (non-hydrogen) atoms. The highest BCUT2D eigenvalue weighted by molar-refractivity contribution is 5.85. The fourth-order valence-corrected chi connectivity index (χ4v) is 2.43. The number of carbonyl (C=O) groups excluding carboxylic acids is 1. The number of hydrogen-bond acceptors (Lipinski definition) is 4. The monoisotopic (exact) mass is 309 g/mol. The van der Waals surface area contributed by atoms with Crippen molar-refractivity contribution in [2.45, 2.75) is 19.4 Å². The predicted octanol–water partition coefficient (Wildman–Crippen LogP) is 1.49. The highest BCUT2D eigenvalue weighted by atomic mass is 35.5. The van der Waals surface area contributed by atoms with E-state index in [4.69, 9.17) is 4.74 Å². The van der Waals surface area contributed by atoms with Gasteiger partial charge in [-0.3, -0.25) is 4.79 Å². The van der Waals surface area contributed by atoms with Crippen LogP contribution in [0.2, 0.25) is 0 Å². The van der Waals surface area contributed by atoms with E-state index in [1.807, 2.05) is 17.0 Å². The Labute approximate surface area is 130 Å². The van der Waals surface area contributed by atoms with Crippen LogP contribution in [0.3, 0.4) is 0 Å². The van der Waals surface area contributed by atoms with Crippen LogP contribution in [-0.4, -0.2) is 48.1 Å². The molecule has 0 radical (unpaired) electrons. The van der Waals surface area contributed by atoms with Crippen molar-refractivity contribution in [2.75, 3.05) is 26.2 Å². The average molecular weight is 310 g/mol. The van der Waals surface area contributed by atoms with Crippen molar-refractivity contribution in [2.24, 2.45) is 0 Å². The molecule has 0 bridgehead atoms. The summed E-state index contributed by atoms with van der Waals surface area (Å²) in [5, 5.41) is 3.19. The zero-order valence-corrected chi connectivity index (χ0v) is 12.9. The summed E-state index contributed by atoms with van der Waals surface area (Å²) in [7, 11) is 0. The lowest BCUT2D eigenvalue weighted by Crippen LogP contribution is -2.50. The molecule has 1 N–H and O–H groups in total. The molecule has 1 saturated heterocycles. The molecular weight excluding hydrogens is 290 g/mol. The van der Waals surface area contributed by atoms with Gasteiger partial charge in [-0.15, -0.1) is 12.4 Å². The minimum absolute atomic E-state index is 0. The van der Waals surface area contributed by atoms with Gasteiger partial charge in [0.25, 0.3) is 0 Å². The highest BCUT2D eigenvalue weighted by Crippen LogP contribution is 2.29. The molecule has 5 nitrogen and oxygen atoms in total. The Hall–Kier alpha value is -1.59. The van der Waals surface area contributed by atoms with Gasteiger partial charge in [0.2, 0.25) is 11.8 Å². The number of hydrogen-bond donors (Lipinski definition) is 1. The summed E-state index contributed by atoms with van der Waals surface area (Å²) in [6, 6.07) is 3.98. The topological polar surface area (TPSA) is 54.5 Å². The van der Waals surface area contributed by atoms with Crippen LogP contribution in [0, 0.1) is 0 Å². The van der Waals surface area contributed by atoms with Gasteiger partial charge in [-0.25, -0.2) is 4.98 Å². The van der Waals surface area contributed by atoms with Crippen molar-refractivity contribution >= 4 is 23.9 Å². The van der Waals surface area contributed by atoms with Gasteiger partial charge in [0.1, 0.15) is 6.10 Å². The molecule has 3 heterocycles. The fraction of sp³-hybridized carbons (Fsp3) is 0.467. The number of amides is 1. The summed E-state index contributed by atoms with van der Waals surface area (Å²) in [4.78, 5) is 17.6. The normalized spacial score (nSPS) is 18.3. The molecule has 0 atom stereocenters. The summed E-state index contributed by atoms with van der Waals surface area (Å²) in [6.45, 7) is 4.81. The maximum Gasteiger partial charge on any atom is 0.221 e. The third-order valence-corrected chi connectivity index (χ3v) is 3.79. The summed E-state index contributed by atoms with van der Waals surface area (Å²) in [5.41, 5.74) is 2.28. The van der Waals surface area contributed by atoms with Gasteiger partial charge in [-0.2, -0.15) is 0 Å². The minimum Gasteiger partial charge on any atom is -0.471 e. The smallest absolute Gasteiger partial charge is 0.221 e. The van der Waals surface area contributed by atoms with Crippen LogP contribution in [0.4, 0.5) is 0 Å². The summed E-state index contributed by atoms with van der Waals surface area (Å²) in [6.07, 6.45) is 4.94. The molecule has 0 aromatic carbocycles. The Morgan fingerprint density at radius 2 is 2.29 bits per heavy atom. The van der Waals surface area contributed by atoms with Gasteiger partial charge < -0.3 is 15.0 Å². The number of halogens is 1. The molecule has 114 valence electrons. The SMILES string of the molecule is CC(=O)N1CC=C(c2cccnc2OC2CNC2)CC1.Cl. The Morgan fingerprint density at radius 1 is 1.48 bits per heavy atom. The first-order valence-corrected chi connectivity index (χ1v) is 7.01. The minimum atomic E-state index is 0. The highest BCUT2D eigenvalue weighted by Gasteiger charge is 2.22. The van der Waals surface area contributed by atoms with Gasteiger partial charge in [0.05, 0.1) is 0 Å². The van der Waals surface area contributed by atoms with Gasteiger partial charge >= 0.3 is 0 Å². The molecule has 0 aliphatic carbocycles. The summed E-state index contributed by atoms with van der Waals surface area (Å²) < 4.78 is 5.91. The van der Waals surface area contributed by atoms with Crippen molar-refractivity contribution in [3.05, 3.63) is 30.0 Å². The fourth-order valence-electron chi connectivity index (χ4n) is 2.43. The molecule has 1 aromatic heterocycles. The Balaban J connectivity index is 0.00000161. The van der Waals surface area contributed by atoms with Gasteiger partial charge in [0, 0.05) is 44.9 Å². The van der Waals surface area contributed by atoms with Crippen LogP contribution in [0.25, 0.3) is 5.57 Å². The molecule has 0 saturated carbocycles. The second-order valence-electron chi connectivity index (χ2n) is 5.20. The maximum absolute atomic E-state index is 11.4. The molecule has 6 heteroatoms. The van der Waals surface area contributed by atoms with E-state index in [2.05, 4.69) is 16.4 Å². The Kier molecular flexibility index (Phi) is 5.20. The van der Waals surface area contributed by atoms with Crippen molar-refractivity contribution < 1.29 is 9.53 Å². The quantitative estimate of drug-likeness (QED) is 0.919. The van der Waals surface area contributed by atoms with E-state index >= 15 is 0 Å². The van der Waals surface area contributed by atoms with E-state index in [0.29, 0.717) is 12.4 Å². The zero-order valence-electron chi connectivity index (χ0n) is 12.0. The lowest BCUT2D eigenvalue weighted by molar-refractivity contribution is -0.128. The second-order valence-corrected chi connectivity index (χ2v) is 5.20. The van der Waals surface area contributed by atoms with E-state index in [1.54, 1.807) is 13.1 Å². The third kappa shape index (κ3) is 3.54. The first kappa shape index (κ1) is 15.8. The van der Waals surface area contributed by atoms with Crippen LogP contribution in [0.1, 0.15) is 18.9 Å². The van der Waals surface area contributed by atoms with Gasteiger partial charge in [-0.1, -0.05) is 6.08 Å². The molecule has 2 aliphatic rings. The standard InChI is InChI=1S/C15H19N3O2.ClH/c1-11(19)18-7-4-12(5-8-18)14-3-2-6-17-15(14)20-13-9-16-10-13;/h2-4,6,13,16H,5,7-10H2,1H3;1H. The second kappa shape index (κ2) is 6.91. The van der Waals surface area contributed by atoms with Crippen molar-refractivity contribution in [3.8, 4) is 5.88 Å². The van der Waals surface area contributed by atoms with Crippen molar-refractivity contribution in [3.63, 3.8) is 0 Å². The van der Waals surface area contributed by atoms with E-state index < -0.39 is 0 Å². The van der Waals surface area contributed by atoms with Crippen molar-refractivity contribution in [1.29, 1.82) is 0 Å². The lowest BCUT2D eigenvalue weighted by Gasteiger charge is -2.29. The van der Waals surface area contributed by atoms with Crippen LogP contribution in [-0.2, 0) is 4.79 Å². The molecule has 1 amide bonds. The van der Waals surface area contributed by atoms with Crippen molar-refractivity contribution in [1.82, 2.24) is 15.2 Å².